The van der Waals surface area contributed by atoms with Crippen molar-refractivity contribution in [3.63, 3.8) is 0 Å². The standard InChI is InChI=1S/C10H15F3N4O/c1-9(2,18)5-15-7-4-6(14-3)16-8(17-7)10(11,12)13/h4,18H,5H2,1-3H3,(H2,14,15,16,17). The van der Waals surface area contributed by atoms with E-state index in [1.807, 2.05) is 0 Å². The highest BCUT2D eigenvalue weighted by Crippen LogP contribution is 2.28. The topological polar surface area (TPSA) is 70.1 Å². The largest absolute Gasteiger partial charge is 0.451 e. The van der Waals surface area contributed by atoms with Crippen molar-refractivity contribution in [2.24, 2.45) is 0 Å². The molecule has 5 nitrogen and oxygen atoms in total. The maximum Gasteiger partial charge on any atom is 0.451 e. The zero-order chi connectivity index (χ0) is 14.0. The van der Waals surface area contributed by atoms with Crippen molar-refractivity contribution in [2.75, 3.05) is 24.2 Å². The molecule has 0 aliphatic carbocycles. The first-order chi connectivity index (χ1) is 8.12. The molecule has 0 radical (unpaired) electrons. The number of hydrogen-bond donors (Lipinski definition) is 3. The summed E-state index contributed by atoms with van der Waals surface area (Å²) in [4.78, 5) is 6.68. The molecule has 0 bridgehead atoms. The quantitative estimate of drug-likeness (QED) is 0.772. The third-order valence-corrected chi connectivity index (χ3v) is 1.94. The van der Waals surface area contributed by atoms with Gasteiger partial charge in [0.25, 0.3) is 0 Å². The van der Waals surface area contributed by atoms with Crippen LogP contribution in [-0.4, -0.2) is 34.3 Å². The van der Waals surface area contributed by atoms with Crippen molar-refractivity contribution in [1.82, 2.24) is 9.97 Å². The van der Waals surface area contributed by atoms with Crippen LogP contribution in [0.15, 0.2) is 6.07 Å². The molecule has 18 heavy (non-hydrogen) atoms. The Morgan fingerprint density at radius 2 is 1.78 bits per heavy atom. The minimum absolute atomic E-state index is 0.00352. The molecule has 1 heterocycles. The van der Waals surface area contributed by atoms with Gasteiger partial charge in [-0.15, -0.1) is 0 Å². The molecule has 0 fully saturated rings. The molecule has 0 unspecified atom stereocenters. The van der Waals surface area contributed by atoms with Crippen molar-refractivity contribution in [2.45, 2.75) is 25.6 Å². The molecule has 1 aromatic rings. The fourth-order valence-electron chi connectivity index (χ4n) is 1.10. The zero-order valence-corrected chi connectivity index (χ0v) is 10.3. The first-order valence-electron chi connectivity index (χ1n) is 5.22. The summed E-state index contributed by atoms with van der Waals surface area (Å²) in [5, 5.41) is 14.6. The lowest BCUT2D eigenvalue weighted by atomic mass is 10.1. The lowest BCUT2D eigenvalue weighted by Gasteiger charge is -2.18. The first-order valence-corrected chi connectivity index (χ1v) is 5.22. The summed E-state index contributed by atoms with van der Waals surface area (Å²) in [7, 11) is 1.46. The average molecular weight is 264 g/mol. The van der Waals surface area contributed by atoms with E-state index in [0.29, 0.717) is 0 Å². The molecule has 3 N–H and O–H groups in total. The van der Waals surface area contributed by atoms with Crippen LogP contribution < -0.4 is 10.6 Å². The van der Waals surface area contributed by atoms with Gasteiger partial charge in [0.1, 0.15) is 11.6 Å². The van der Waals surface area contributed by atoms with Crippen molar-refractivity contribution in [3.05, 3.63) is 11.9 Å². The molecule has 0 aromatic carbocycles. The molecule has 0 atom stereocenters. The summed E-state index contributed by atoms with van der Waals surface area (Å²) < 4.78 is 37.6. The highest BCUT2D eigenvalue weighted by Gasteiger charge is 2.35. The van der Waals surface area contributed by atoms with Crippen LogP contribution in [0, 0.1) is 0 Å². The SMILES string of the molecule is CNc1cc(NCC(C)(C)O)nc(C(F)(F)F)n1. The van der Waals surface area contributed by atoms with E-state index in [0.717, 1.165) is 0 Å². The Hall–Kier alpha value is -1.57. The van der Waals surface area contributed by atoms with Crippen LogP contribution in [0.5, 0.6) is 0 Å². The molecule has 0 aliphatic rings. The van der Waals surface area contributed by atoms with Crippen molar-refractivity contribution < 1.29 is 18.3 Å². The minimum Gasteiger partial charge on any atom is -0.389 e. The molecule has 102 valence electrons. The van der Waals surface area contributed by atoms with Crippen molar-refractivity contribution >= 4 is 11.6 Å². The summed E-state index contributed by atoms with van der Waals surface area (Å²) in [6.07, 6.45) is -4.61. The number of nitrogens with zero attached hydrogens (tertiary/aromatic N) is 2. The van der Waals surface area contributed by atoms with Crippen molar-refractivity contribution in [1.29, 1.82) is 0 Å². The summed E-state index contributed by atoms with van der Waals surface area (Å²) in [5.41, 5.74) is -1.05. The van der Waals surface area contributed by atoms with Crippen LogP contribution in [0.3, 0.4) is 0 Å². The predicted octanol–water partition coefficient (Wildman–Crippen LogP) is 1.72. The number of nitrogens with one attached hydrogen (secondary N) is 2. The number of aromatic nitrogens is 2. The van der Waals surface area contributed by atoms with Crippen LogP contribution in [0.2, 0.25) is 0 Å². The lowest BCUT2D eigenvalue weighted by molar-refractivity contribution is -0.144. The molecule has 0 aliphatic heterocycles. The lowest BCUT2D eigenvalue weighted by Crippen LogP contribution is -2.30. The van der Waals surface area contributed by atoms with Gasteiger partial charge in [0, 0.05) is 19.7 Å². The van der Waals surface area contributed by atoms with Gasteiger partial charge in [-0.25, -0.2) is 9.97 Å². The van der Waals surface area contributed by atoms with E-state index in [-0.39, 0.29) is 18.2 Å². The first kappa shape index (κ1) is 14.5. The van der Waals surface area contributed by atoms with E-state index >= 15 is 0 Å². The minimum atomic E-state index is -4.61. The number of rotatable bonds is 4. The maximum absolute atomic E-state index is 12.5. The van der Waals surface area contributed by atoms with E-state index in [1.165, 1.54) is 27.0 Å². The summed E-state index contributed by atoms with van der Waals surface area (Å²) in [6, 6.07) is 1.33. The Morgan fingerprint density at radius 3 is 2.22 bits per heavy atom. The summed E-state index contributed by atoms with van der Waals surface area (Å²) in [6.45, 7) is 3.14. The second-order valence-electron chi connectivity index (χ2n) is 4.38. The maximum atomic E-state index is 12.5. The van der Waals surface area contributed by atoms with Gasteiger partial charge in [0.15, 0.2) is 0 Å². The zero-order valence-electron chi connectivity index (χ0n) is 10.3. The average Bonchev–Trinajstić information content (AvgIpc) is 2.24. The Morgan fingerprint density at radius 1 is 1.22 bits per heavy atom. The fourth-order valence-corrected chi connectivity index (χ4v) is 1.10. The second-order valence-corrected chi connectivity index (χ2v) is 4.38. The summed E-state index contributed by atoms with van der Waals surface area (Å²) in [5.74, 6) is -1.17. The Balaban J connectivity index is 2.98. The molecular weight excluding hydrogens is 249 g/mol. The molecular formula is C10H15F3N4O. The van der Waals surface area contributed by atoms with Crippen LogP contribution >= 0.6 is 0 Å². The molecule has 0 amide bonds. The van der Waals surface area contributed by atoms with Gasteiger partial charge in [0.2, 0.25) is 5.82 Å². The van der Waals surface area contributed by atoms with E-state index in [9.17, 15) is 18.3 Å². The second kappa shape index (κ2) is 4.97. The van der Waals surface area contributed by atoms with E-state index in [4.69, 9.17) is 0 Å². The number of halogens is 3. The summed E-state index contributed by atoms with van der Waals surface area (Å²) >= 11 is 0. The van der Waals surface area contributed by atoms with Crippen LogP contribution in [-0.2, 0) is 6.18 Å². The number of anilines is 2. The highest BCUT2D eigenvalue weighted by molar-refractivity contribution is 5.47. The number of aliphatic hydroxyl groups is 1. The van der Waals surface area contributed by atoms with Crippen LogP contribution in [0.4, 0.5) is 24.8 Å². The Bertz CT molecular complexity index is 415. The van der Waals surface area contributed by atoms with Crippen LogP contribution in [0.25, 0.3) is 0 Å². The Kier molecular flexibility index (Phi) is 4.00. The van der Waals surface area contributed by atoms with Gasteiger partial charge < -0.3 is 15.7 Å². The number of hydrogen-bond acceptors (Lipinski definition) is 5. The van der Waals surface area contributed by atoms with Gasteiger partial charge in [-0.3, -0.25) is 0 Å². The normalized spacial score (nSPS) is 12.4. The van der Waals surface area contributed by atoms with Crippen molar-refractivity contribution in [3.8, 4) is 0 Å². The van der Waals surface area contributed by atoms with E-state index in [2.05, 4.69) is 20.6 Å². The van der Waals surface area contributed by atoms with Crippen LogP contribution in [0.1, 0.15) is 19.7 Å². The molecule has 8 heteroatoms. The van der Waals surface area contributed by atoms with Gasteiger partial charge in [-0.1, -0.05) is 0 Å². The smallest absolute Gasteiger partial charge is 0.389 e. The molecule has 0 saturated heterocycles. The fraction of sp³-hybridized carbons (Fsp3) is 0.600. The highest BCUT2D eigenvalue weighted by atomic mass is 19.4. The third kappa shape index (κ3) is 4.36. The number of alkyl halides is 3. The Labute approximate surface area is 102 Å². The van der Waals surface area contributed by atoms with Gasteiger partial charge in [-0.2, -0.15) is 13.2 Å². The predicted molar refractivity (Wildman–Crippen MR) is 61.4 cm³/mol. The molecule has 0 saturated carbocycles. The monoisotopic (exact) mass is 264 g/mol. The molecule has 1 rings (SSSR count). The molecule has 1 aromatic heterocycles. The van der Waals surface area contributed by atoms with E-state index < -0.39 is 17.6 Å². The van der Waals surface area contributed by atoms with E-state index in [1.54, 1.807) is 0 Å². The third-order valence-electron chi connectivity index (χ3n) is 1.94. The van der Waals surface area contributed by atoms with Gasteiger partial charge >= 0.3 is 6.18 Å². The van der Waals surface area contributed by atoms with Gasteiger partial charge in [-0.05, 0) is 13.8 Å². The molecule has 0 spiro atoms. The van der Waals surface area contributed by atoms with Gasteiger partial charge in [0.05, 0.1) is 5.60 Å².